The van der Waals surface area contributed by atoms with E-state index in [0.717, 1.165) is 17.7 Å². The first-order valence-electron chi connectivity index (χ1n) is 7.67. The first kappa shape index (κ1) is 18.0. The zero-order chi connectivity index (χ0) is 18.7. The molecule has 3 rings (SSSR count). The molecule has 0 aliphatic carbocycles. The van der Waals surface area contributed by atoms with Crippen molar-refractivity contribution in [2.45, 2.75) is 13.5 Å². The van der Waals surface area contributed by atoms with Gasteiger partial charge < -0.3 is 10.6 Å². The maximum atomic E-state index is 13.8. The normalized spacial score (nSPS) is 10.7. The molecule has 0 saturated heterocycles. The average Bonchev–Trinajstić information content (AvgIpc) is 2.61. The molecule has 3 aromatic rings. The van der Waals surface area contributed by atoms with Gasteiger partial charge in [-0.25, -0.2) is 18.2 Å². The van der Waals surface area contributed by atoms with Gasteiger partial charge in [-0.1, -0.05) is 23.7 Å². The first-order chi connectivity index (χ1) is 12.4. The predicted molar refractivity (Wildman–Crippen MR) is 95.1 cm³/mol. The van der Waals surface area contributed by atoms with Crippen LogP contribution in [0, 0.1) is 24.4 Å². The van der Waals surface area contributed by atoms with Crippen molar-refractivity contribution in [3.05, 3.63) is 76.2 Å². The van der Waals surface area contributed by atoms with Crippen molar-refractivity contribution in [1.29, 1.82) is 0 Å². The molecular formula is C18H14ClF3N4. The van der Waals surface area contributed by atoms with Gasteiger partial charge >= 0.3 is 0 Å². The van der Waals surface area contributed by atoms with E-state index < -0.39 is 17.5 Å². The van der Waals surface area contributed by atoms with Gasteiger partial charge in [0.25, 0.3) is 0 Å². The highest BCUT2D eigenvalue weighted by Gasteiger charge is 2.14. The average molecular weight is 379 g/mol. The second-order valence-electron chi connectivity index (χ2n) is 5.55. The Morgan fingerprint density at radius 1 is 0.962 bits per heavy atom. The number of nitrogens with zero attached hydrogens (tertiary/aromatic N) is 2. The van der Waals surface area contributed by atoms with E-state index in [4.69, 9.17) is 11.6 Å². The maximum Gasteiger partial charge on any atom is 0.229 e. The highest BCUT2D eigenvalue weighted by Crippen LogP contribution is 2.23. The smallest absolute Gasteiger partial charge is 0.229 e. The molecule has 0 bridgehead atoms. The van der Waals surface area contributed by atoms with Crippen LogP contribution in [0.4, 0.5) is 30.6 Å². The van der Waals surface area contributed by atoms with Crippen molar-refractivity contribution in [1.82, 2.24) is 9.97 Å². The molecule has 0 aliphatic rings. The number of rotatable bonds is 5. The molecular weight excluding hydrogens is 365 g/mol. The zero-order valence-electron chi connectivity index (χ0n) is 13.7. The Balaban J connectivity index is 1.77. The number of benzene rings is 2. The second-order valence-corrected chi connectivity index (χ2v) is 5.98. The summed E-state index contributed by atoms with van der Waals surface area (Å²) in [4.78, 5) is 8.34. The lowest BCUT2D eigenvalue weighted by molar-refractivity contribution is 0.449. The molecule has 0 fully saturated rings. The van der Waals surface area contributed by atoms with Crippen LogP contribution in [0.5, 0.6) is 0 Å². The van der Waals surface area contributed by atoms with Crippen LogP contribution in [-0.4, -0.2) is 9.97 Å². The van der Waals surface area contributed by atoms with Crippen LogP contribution in [-0.2, 0) is 6.54 Å². The third-order valence-electron chi connectivity index (χ3n) is 3.52. The van der Waals surface area contributed by atoms with E-state index in [1.165, 1.54) is 0 Å². The molecule has 0 saturated carbocycles. The molecule has 0 radical (unpaired) electrons. The molecule has 2 aromatic carbocycles. The maximum absolute atomic E-state index is 13.8. The van der Waals surface area contributed by atoms with Crippen LogP contribution in [0.1, 0.15) is 11.3 Å². The second kappa shape index (κ2) is 7.61. The van der Waals surface area contributed by atoms with Gasteiger partial charge in [0.05, 0.1) is 5.69 Å². The summed E-state index contributed by atoms with van der Waals surface area (Å²) < 4.78 is 40.1. The van der Waals surface area contributed by atoms with Crippen LogP contribution in [0.25, 0.3) is 0 Å². The Kier molecular flexibility index (Phi) is 5.27. The minimum absolute atomic E-state index is 0.0634. The van der Waals surface area contributed by atoms with Crippen molar-refractivity contribution >= 4 is 29.1 Å². The van der Waals surface area contributed by atoms with Gasteiger partial charge in [0, 0.05) is 23.3 Å². The minimum atomic E-state index is -1.55. The molecule has 1 heterocycles. The fourth-order valence-electron chi connectivity index (χ4n) is 2.25. The van der Waals surface area contributed by atoms with Crippen molar-refractivity contribution in [2.24, 2.45) is 0 Å². The number of halogens is 4. The monoisotopic (exact) mass is 378 g/mol. The van der Waals surface area contributed by atoms with Crippen LogP contribution >= 0.6 is 11.6 Å². The fraction of sp³-hybridized carbons (Fsp3) is 0.111. The lowest BCUT2D eigenvalue weighted by Gasteiger charge is -2.11. The molecule has 0 spiro atoms. The molecule has 0 unspecified atom stereocenters. The summed E-state index contributed by atoms with van der Waals surface area (Å²) in [5.41, 5.74) is 1.36. The minimum Gasteiger partial charge on any atom is -0.366 e. The molecule has 26 heavy (non-hydrogen) atoms. The zero-order valence-corrected chi connectivity index (χ0v) is 14.4. The van der Waals surface area contributed by atoms with E-state index in [1.54, 1.807) is 25.1 Å². The topological polar surface area (TPSA) is 49.8 Å². The van der Waals surface area contributed by atoms with E-state index in [9.17, 15) is 13.2 Å². The van der Waals surface area contributed by atoms with Crippen LogP contribution in [0.3, 0.4) is 0 Å². The highest BCUT2D eigenvalue weighted by atomic mass is 35.5. The Morgan fingerprint density at radius 2 is 1.69 bits per heavy atom. The summed E-state index contributed by atoms with van der Waals surface area (Å²) >= 11 is 5.85. The molecule has 1 aromatic heterocycles. The SMILES string of the molecule is Cc1cc(NCc2ccc(Cl)cc2)nc(Nc2ccc(F)c(F)c2F)n1. The number of hydrogen-bond acceptors (Lipinski definition) is 4. The van der Waals surface area contributed by atoms with Gasteiger partial charge in [-0.3, -0.25) is 0 Å². The largest absolute Gasteiger partial charge is 0.366 e. The summed E-state index contributed by atoms with van der Waals surface area (Å²) in [6, 6.07) is 10.9. The van der Waals surface area contributed by atoms with Crippen molar-refractivity contribution in [2.75, 3.05) is 10.6 Å². The Labute approximate surface area is 153 Å². The number of anilines is 3. The Hall–Kier alpha value is -2.80. The summed E-state index contributed by atoms with van der Waals surface area (Å²) in [6.07, 6.45) is 0. The van der Waals surface area contributed by atoms with Crippen LogP contribution in [0.2, 0.25) is 5.02 Å². The van der Waals surface area contributed by atoms with Crippen molar-refractivity contribution in [3.63, 3.8) is 0 Å². The van der Waals surface area contributed by atoms with Gasteiger partial charge in [0.15, 0.2) is 17.5 Å². The quantitative estimate of drug-likeness (QED) is 0.598. The van der Waals surface area contributed by atoms with Crippen molar-refractivity contribution in [3.8, 4) is 0 Å². The predicted octanol–water partition coefficient (Wildman–Crippen LogP) is 5.21. The summed E-state index contributed by atoms with van der Waals surface area (Å²) in [6.45, 7) is 2.23. The van der Waals surface area contributed by atoms with Crippen LogP contribution in [0.15, 0.2) is 42.5 Å². The van der Waals surface area contributed by atoms with Gasteiger partial charge in [-0.15, -0.1) is 0 Å². The lowest BCUT2D eigenvalue weighted by atomic mass is 10.2. The molecule has 4 nitrogen and oxygen atoms in total. The Bertz CT molecular complexity index is 932. The van der Waals surface area contributed by atoms with Gasteiger partial charge in [-0.05, 0) is 36.8 Å². The van der Waals surface area contributed by atoms with Crippen LogP contribution < -0.4 is 10.6 Å². The third-order valence-corrected chi connectivity index (χ3v) is 3.77. The molecule has 0 amide bonds. The first-order valence-corrected chi connectivity index (χ1v) is 8.04. The molecule has 2 N–H and O–H groups in total. The number of nitrogens with one attached hydrogen (secondary N) is 2. The fourth-order valence-corrected chi connectivity index (χ4v) is 2.38. The summed E-state index contributed by atoms with van der Waals surface area (Å²) in [7, 11) is 0. The molecule has 8 heteroatoms. The Morgan fingerprint density at radius 3 is 2.42 bits per heavy atom. The van der Waals surface area contributed by atoms with Crippen molar-refractivity contribution < 1.29 is 13.2 Å². The number of hydrogen-bond donors (Lipinski definition) is 2. The molecule has 0 aliphatic heterocycles. The number of aromatic nitrogens is 2. The highest BCUT2D eigenvalue weighted by molar-refractivity contribution is 6.30. The van der Waals surface area contributed by atoms with E-state index in [1.807, 2.05) is 12.1 Å². The van der Waals surface area contributed by atoms with E-state index >= 15 is 0 Å². The van der Waals surface area contributed by atoms with Gasteiger partial charge in [-0.2, -0.15) is 4.98 Å². The van der Waals surface area contributed by atoms with Gasteiger partial charge in [0.2, 0.25) is 5.95 Å². The third kappa shape index (κ3) is 4.23. The standard InChI is InChI=1S/C18H14ClF3N4/c1-10-8-15(23-9-11-2-4-12(19)5-3-11)26-18(24-10)25-14-7-6-13(20)16(21)17(14)22/h2-8H,9H2,1H3,(H2,23,24,25,26). The molecule has 134 valence electrons. The van der Waals surface area contributed by atoms with E-state index in [0.29, 0.717) is 23.1 Å². The lowest BCUT2D eigenvalue weighted by Crippen LogP contribution is -2.07. The van der Waals surface area contributed by atoms with E-state index in [2.05, 4.69) is 20.6 Å². The molecule has 0 atom stereocenters. The van der Waals surface area contributed by atoms with E-state index in [-0.39, 0.29) is 11.6 Å². The summed E-state index contributed by atoms with van der Waals surface area (Å²) in [5.74, 6) is -3.58. The number of aryl methyl sites for hydroxylation is 1. The van der Waals surface area contributed by atoms with Gasteiger partial charge in [0.1, 0.15) is 5.82 Å². The summed E-state index contributed by atoms with van der Waals surface area (Å²) in [5, 5.41) is 6.33.